The van der Waals surface area contributed by atoms with Crippen LogP contribution in [0.3, 0.4) is 0 Å². The van der Waals surface area contributed by atoms with E-state index in [1.165, 1.54) is 43.4 Å². The van der Waals surface area contributed by atoms with Crippen LogP contribution < -0.4 is 5.32 Å². The summed E-state index contributed by atoms with van der Waals surface area (Å²) < 4.78 is 2.13. The van der Waals surface area contributed by atoms with Gasteiger partial charge in [0.05, 0.1) is 10.2 Å². The van der Waals surface area contributed by atoms with Crippen molar-refractivity contribution in [2.75, 3.05) is 5.32 Å². The SMILES string of the molecule is O=C(CCC1CCCCC1)Nc1nc2ccc(Br)cc2s1. The number of carbonyl (C=O) groups excluding carboxylic acids is 1. The lowest BCUT2D eigenvalue weighted by Crippen LogP contribution is -2.14. The molecule has 0 saturated heterocycles. The number of benzene rings is 1. The molecule has 0 unspecified atom stereocenters. The maximum Gasteiger partial charge on any atom is 0.226 e. The average molecular weight is 367 g/mol. The van der Waals surface area contributed by atoms with Gasteiger partial charge in [-0.1, -0.05) is 59.4 Å². The number of anilines is 1. The molecule has 1 N–H and O–H groups in total. The van der Waals surface area contributed by atoms with E-state index in [-0.39, 0.29) is 5.91 Å². The number of thiazole rings is 1. The summed E-state index contributed by atoms with van der Waals surface area (Å²) in [5.41, 5.74) is 0.936. The van der Waals surface area contributed by atoms with Gasteiger partial charge in [-0.15, -0.1) is 0 Å². The maximum absolute atomic E-state index is 12.0. The van der Waals surface area contributed by atoms with Crippen LogP contribution in [0.15, 0.2) is 22.7 Å². The largest absolute Gasteiger partial charge is 0.302 e. The van der Waals surface area contributed by atoms with E-state index in [0.29, 0.717) is 11.6 Å². The number of nitrogens with one attached hydrogen (secondary N) is 1. The number of fused-ring (bicyclic) bond motifs is 1. The minimum Gasteiger partial charge on any atom is -0.302 e. The van der Waals surface area contributed by atoms with Crippen molar-refractivity contribution >= 4 is 48.5 Å². The molecule has 112 valence electrons. The molecule has 3 nitrogen and oxygen atoms in total. The third kappa shape index (κ3) is 4.04. The van der Waals surface area contributed by atoms with E-state index in [1.54, 1.807) is 0 Å². The van der Waals surface area contributed by atoms with Crippen molar-refractivity contribution in [2.45, 2.75) is 44.9 Å². The van der Waals surface area contributed by atoms with Crippen molar-refractivity contribution in [3.05, 3.63) is 22.7 Å². The minimum absolute atomic E-state index is 0.0960. The lowest BCUT2D eigenvalue weighted by atomic mass is 9.86. The van der Waals surface area contributed by atoms with Crippen LogP contribution in [0.4, 0.5) is 5.13 Å². The van der Waals surface area contributed by atoms with Gasteiger partial charge in [-0.3, -0.25) is 4.79 Å². The molecule has 0 radical (unpaired) electrons. The number of hydrogen-bond donors (Lipinski definition) is 1. The van der Waals surface area contributed by atoms with Crippen molar-refractivity contribution in [3.63, 3.8) is 0 Å². The Labute approximate surface area is 137 Å². The van der Waals surface area contributed by atoms with Crippen LogP contribution in [0.1, 0.15) is 44.9 Å². The van der Waals surface area contributed by atoms with Crippen molar-refractivity contribution < 1.29 is 4.79 Å². The van der Waals surface area contributed by atoms with Crippen molar-refractivity contribution in [2.24, 2.45) is 5.92 Å². The summed E-state index contributed by atoms with van der Waals surface area (Å²) in [5, 5.41) is 3.65. The highest BCUT2D eigenvalue weighted by Crippen LogP contribution is 2.30. The smallest absolute Gasteiger partial charge is 0.226 e. The van der Waals surface area contributed by atoms with Crippen LogP contribution in [0.5, 0.6) is 0 Å². The van der Waals surface area contributed by atoms with Crippen molar-refractivity contribution in [1.29, 1.82) is 0 Å². The molecule has 2 aromatic rings. The Morgan fingerprint density at radius 3 is 2.95 bits per heavy atom. The van der Waals surface area contributed by atoms with Crippen LogP contribution in [-0.4, -0.2) is 10.9 Å². The van der Waals surface area contributed by atoms with Crippen molar-refractivity contribution in [1.82, 2.24) is 4.98 Å². The van der Waals surface area contributed by atoms with Gasteiger partial charge >= 0.3 is 0 Å². The van der Waals surface area contributed by atoms with Gasteiger partial charge in [0, 0.05) is 10.9 Å². The van der Waals surface area contributed by atoms with Crippen molar-refractivity contribution in [3.8, 4) is 0 Å². The molecule has 3 rings (SSSR count). The molecule has 0 atom stereocenters. The Hall–Kier alpha value is -0.940. The minimum atomic E-state index is 0.0960. The molecule has 1 aromatic heterocycles. The number of aromatic nitrogens is 1. The van der Waals surface area contributed by atoms with Gasteiger partial charge in [-0.2, -0.15) is 0 Å². The van der Waals surface area contributed by atoms with Crippen LogP contribution in [0.2, 0.25) is 0 Å². The summed E-state index contributed by atoms with van der Waals surface area (Å²) in [6.07, 6.45) is 8.25. The zero-order chi connectivity index (χ0) is 14.7. The molecule has 1 fully saturated rings. The molecule has 5 heteroatoms. The Morgan fingerprint density at radius 2 is 2.14 bits per heavy atom. The lowest BCUT2D eigenvalue weighted by molar-refractivity contribution is -0.116. The van der Waals surface area contributed by atoms with Gasteiger partial charge in [0.25, 0.3) is 0 Å². The Bertz CT molecular complexity index is 634. The van der Waals surface area contributed by atoms with Gasteiger partial charge in [0.2, 0.25) is 5.91 Å². The van der Waals surface area contributed by atoms with E-state index in [2.05, 4.69) is 26.2 Å². The van der Waals surface area contributed by atoms with Gasteiger partial charge < -0.3 is 5.32 Å². The zero-order valence-electron chi connectivity index (χ0n) is 11.9. The van der Waals surface area contributed by atoms with E-state index < -0.39 is 0 Å². The summed E-state index contributed by atoms with van der Waals surface area (Å²) in [6.45, 7) is 0. The predicted octanol–water partition coefficient (Wildman–Crippen LogP) is 5.36. The number of halogens is 1. The average Bonchev–Trinajstić information content (AvgIpc) is 2.87. The van der Waals surface area contributed by atoms with E-state index in [1.807, 2.05) is 18.2 Å². The topological polar surface area (TPSA) is 42.0 Å². The second-order valence-electron chi connectivity index (χ2n) is 5.72. The molecule has 1 amide bonds. The van der Waals surface area contributed by atoms with Gasteiger partial charge in [-0.25, -0.2) is 4.98 Å². The fourth-order valence-corrected chi connectivity index (χ4v) is 4.38. The maximum atomic E-state index is 12.0. The Balaban J connectivity index is 1.55. The summed E-state index contributed by atoms with van der Waals surface area (Å²) in [4.78, 5) is 16.5. The van der Waals surface area contributed by atoms with E-state index >= 15 is 0 Å². The lowest BCUT2D eigenvalue weighted by Gasteiger charge is -2.20. The number of amides is 1. The second-order valence-corrected chi connectivity index (χ2v) is 7.67. The molecule has 1 saturated carbocycles. The molecule has 0 bridgehead atoms. The first-order valence-electron chi connectivity index (χ1n) is 7.56. The normalized spacial score (nSPS) is 16.2. The summed E-state index contributed by atoms with van der Waals surface area (Å²) in [5.74, 6) is 0.842. The summed E-state index contributed by atoms with van der Waals surface area (Å²) >= 11 is 4.98. The highest BCUT2D eigenvalue weighted by molar-refractivity contribution is 9.10. The molecule has 21 heavy (non-hydrogen) atoms. The van der Waals surface area contributed by atoms with Gasteiger partial charge in [-0.05, 0) is 30.5 Å². The van der Waals surface area contributed by atoms with Crippen LogP contribution in [-0.2, 0) is 4.79 Å². The monoisotopic (exact) mass is 366 g/mol. The summed E-state index contributed by atoms with van der Waals surface area (Å²) in [6, 6.07) is 5.97. The van der Waals surface area contributed by atoms with Gasteiger partial charge in [0.1, 0.15) is 0 Å². The highest BCUT2D eigenvalue weighted by atomic mass is 79.9. The van der Waals surface area contributed by atoms with E-state index in [9.17, 15) is 4.79 Å². The molecular weight excluding hydrogens is 348 g/mol. The van der Waals surface area contributed by atoms with Gasteiger partial charge in [0.15, 0.2) is 5.13 Å². The first-order valence-corrected chi connectivity index (χ1v) is 9.17. The molecule has 0 spiro atoms. The first kappa shape index (κ1) is 15.0. The number of rotatable bonds is 4. The second kappa shape index (κ2) is 6.88. The zero-order valence-corrected chi connectivity index (χ0v) is 14.3. The fourth-order valence-electron chi connectivity index (χ4n) is 2.94. The Morgan fingerprint density at radius 1 is 1.33 bits per heavy atom. The third-order valence-corrected chi connectivity index (χ3v) is 5.53. The predicted molar refractivity (Wildman–Crippen MR) is 91.8 cm³/mol. The quantitative estimate of drug-likeness (QED) is 0.791. The van der Waals surface area contributed by atoms with E-state index in [4.69, 9.17) is 0 Å². The Kier molecular flexibility index (Phi) is 4.91. The first-order chi connectivity index (χ1) is 10.2. The molecule has 1 aliphatic carbocycles. The standard InChI is InChI=1S/C16H19BrN2OS/c17-12-7-8-13-14(10-12)21-16(18-13)19-15(20)9-6-11-4-2-1-3-5-11/h7-8,10-11H,1-6,9H2,(H,18,19,20). The highest BCUT2D eigenvalue weighted by Gasteiger charge is 2.15. The number of hydrogen-bond acceptors (Lipinski definition) is 3. The van der Waals surface area contributed by atoms with E-state index in [0.717, 1.165) is 27.0 Å². The summed E-state index contributed by atoms with van der Waals surface area (Å²) in [7, 11) is 0. The molecule has 1 aliphatic rings. The number of nitrogens with zero attached hydrogens (tertiary/aromatic N) is 1. The molecule has 1 heterocycles. The molecule has 0 aliphatic heterocycles. The van der Waals surface area contributed by atoms with Crippen LogP contribution >= 0.6 is 27.3 Å². The third-order valence-electron chi connectivity index (χ3n) is 4.10. The van der Waals surface area contributed by atoms with Crippen LogP contribution in [0, 0.1) is 5.92 Å². The molecular formula is C16H19BrN2OS. The fraction of sp³-hybridized carbons (Fsp3) is 0.500. The van der Waals surface area contributed by atoms with Crippen LogP contribution in [0.25, 0.3) is 10.2 Å². The number of carbonyl (C=O) groups is 1. The molecule has 1 aromatic carbocycles.